The largest absolute Gasteiger partial charge is 0.394 e. The number of aliphatic hydroxyl groups is 1. The standard InChI is InChI=1S/C24H47NO2/c1-3-5-7-8-9-10-11-12-13-14-15-16-17-18-19-21-24(27)25-23(22-26)20-6-4-2/h12-13,23,26H,3-11,14-22H2,1-2H3,(H,25,27)/b13-12+. The number of carbonyl (C=O) groups excluding carboxylic acids is 1. The van der Waals surface area contributed by atoms with Crippen molar-refractivity contribution in [2.45, 2.75) is 129 Å². The van der Waals surface area contributed by atoms with E-state index in [-0.39, 0.29) is 18.6 Å². The second-order valence-corrected chi connectivity index (χ2v) is 7.92. The molecule has 0 aliphatic heterocycles. The molecule has 0 heterocycles. The molecule has 0 radical (unpaired) electrons. The molecular formula is C24H47NO2. The lowest BCUT2D eigenvalue weighted by molar-refractivity contribution is -0.122. The van der Waals surface area contributed by atoms with Gasteiger partial charge in [0.15, 0.2) is 0 Å². The van der Waals surface area contributed by atoms with Gasteiger partial charge in [0.2, 0.25) is 5.91 Å². The van der Waals surface area contributed by atoms with Gasteiger partial charge in [-0.2, -0.15) is 0 Å². The number of hydrogen-bond donors (Lipinski definition) is 2. The summed E-state index contributed by atoms with van der Waals surface area (Å²) >= 11 is 0. The number of carbonyl (C=O) groups is 1. The Bertz CT molecular complexity index is 341. The van der Waals surface area contributed by atoms with E-state index >= 15 is 0 Å². The maximum atomic E-state index is 11.9. The van der Waals surface area contributed by atoms with E-state index in [1.54, 1.807) is 0 Å². The monoisotopic (exact) mass is 381 g/mol. The molecule has 0 fully saturated rings. The number of aliphatic hydroxyl groups excluding tert-OH is 1. The minimum Gasteiger partial charge on any atom is -0.394 e. The molecule has 0 aromatic carbocycles. The van der Waals surface area contributed by atoms with Gasteiger partial charge in [-0.3, -0.25) is 4.79 Å². The van der Waals surface area contributed by atoms with Gasteiger partial charge in [-0.15, -0.1) is 0 Å². The van der Waals surface area contributed by atoms with Crippen molar-refractivity contribution in [2.24, 2.45) is 0 Å². The number of hydrogen-bond acceptors (Lipinski definition) is 2. The molecule has 160 valence electrons. The van der Waals surface area contributed by atoms with E-state index in [1.807, 2.05) is 0 Å². The van der Waals surface area contributed by atoms with Crippen molar-refractivity contribution in [2.75, 3.05) is 6.61 Å². The maximum Gasteiger partial charge on any atom is 0.220 e. The van der Waals surface area contributed by atoms with Gasteiger partial charge in [0, 0.05) is 6.42 Å². The van der Waals surface area contributed by atoms with Crippen molar-refractivity contribution < 1.29 is 9.90 Å². The number of rotatable bonds is 20. The van der Waals surface area contributed by atoms with E-state index in [0.29, 0.717) is 6.42 Å². The predicted molar refractivity (Wildman–Crippen MR) is 118 cm³/mol. The molecule has 1 unspecified atom stereocenters. The van der Waals surface area contributed by atoms with Gasteiger partial charge in [-0.1, -0.05) is 90.2 Å². The first-order valence-corrected chi connectivity index (χ1v) is 11.8. The van der Waals surface area contributed by atoms with E-state index in [2.05, 4.69) is 31.3 Å². The van der Waals surface area contributed by atoms with Crippen LogP contribution in [0.15, 0.2) is 12.2 Å². The summed E-state index contributed by atoms with van der Waals surface area (Å²) in [6.45, 7) is 4.45. The van der Waals surface area contributed by atoms with E-state index in [9.17, 15) is 9.90 Å². The van der Waals surface area contributed by atoms with Gasteiger partial charge >= 0.3 is 0 Å². The Morgan fingerprint density at radius 2 is 1.30 bits per heavy atom. The molecular weight excluding hydrogens is 334 g/mol. The van der Waals surface area contributed by atoms with Crippen molar-refractivity contribution in [1.29, 1.82) is 0 Å². The van der Waals surface area contributed by atoms with Crippen molar-refractivity contribution in [3.05, 3.63) is 12.2 Å². The lowest BCUT2D eigenvalue weighted by Gasteiger charge is -2.15. The first-order chi connectivity index (χ1) is 13.2. The zero-order chi connectivity index (χ0) is 20.0. The average molecular weight is 382 g/mol. The Morgan fingerprint density at radius 3 is 1.85 bits per heavy atom. The Labute approximate surface area is 169 Å². The Kier molecular flexibility index (Phi) is 20.8. The van der Waals surface area contributed by atoms with Crippen molar-refractivity contribution in [3.8, 4) is 0 Å². The van der Waals surface area contributed by atoms with Gasteiger partial charge in [0.25, 0.3) is 0 Å². The van der Waals surface area contributed by atoms with Crippen molar-refractivity contribution in [1.82, 2.24) is 5.32 Å². The number of allylic oxidation sites excluding steroid dienone is 2. The van der Waals surface area contributed by atoms with E-state index in [0.717, 1.165) is 32.1 Å². The zero-order valence-electron chi connectivity index (χ0n) is 18.3. The third kappa shape index (κ3) is 19.7. The number of unbranched alkanes of at least 4 members (excludes halogenated alkanes) is 12. The summed E-state index contributed by atoms with van der Waals surface area (Å²) in [7, 11) is 0. The Balaban J connectivity index is 3.36. The van der Waals surface area contributed by atoms with Crippen molar-refractivity contribution >= 4 is 5.91 Å². The van der Waals surface area contributed by atoms with Gasteiger partial charge in [-0.25, -0.2) is 0 Å². The molecule has 3 nitrogen and oxygen atoms in total. The minimum atomic E-state index is -0.0550. The third-order valence-corrected chi connectivity index (χ3v) is 5.16. The molecule has 1 amide bonds. The van der Waals surface area contributed by atoms with Gasteiger partial charge in [0.05, 0.1) is 12.6 Å². The first kappa shape index (κ1) is 26.2. The lowest BCUT2D eigenvalue weighted by Crippen LogP contribution is -2.37. The number of nitrogens with one attached hydrogen (secondary N) is 1. The summed E-state index contributed by atoms with van der Waals surface area (Å²) in [5.74, 6) is 0.0998. The molecule has 0 spiro atoms. The number of amides is 1. The highest BCUT2D eigenvalue weighted by Crippen LogP contribution is 2.10. The Hall–Kier alpha value is -0.830. The quantitative estimate of drug-likeness (QED) is 0.182. The zero-order valence-corrected chi connectivity index (χ0v) is 18.3. The van der Waals surface area contributed by atoms with Crippen LogP contribution in [0.4, 0.5) is 0 Å². The average Bonchev–Trinajstić information content (AvgIpc) is 2.68. The SMILES string of the molecule is CCCCCCCC/C=C/CCCCCCCC(=O)NC(CO)CCCC. The molecule has 0 bridgehead atoms. The topological polar surface area (TPSA) is 49.3 Å². The fourth-order valence-corrected chi connectivity index (χ4v) is 3.32. The lowest BCUT2D eigenvalue weighted by atomic mass is 10.1. The summed E-state index contributed by atoms with van der Waals surface area (Å²) in [5, 5.41) is 12.2. The minimum absolute atomic E-state index is 0.0537. The summed E-state index contributed by atoms with van der Waals surface area (Å²) in [6.07, 6.45) is 24.9. The second kappa shape index (κ2) is 21.5. The molecule has 3 heteroatoms. The van der Waals surface area contributed by atoms with E-state index in [4.69, 9.17) is 0 Å². The van der Waals surface area contributed by atoms with Crippen LogP contribution in [0.1, 0.15) is 123 Å². The Morgan fingerprint density at radius 1 is 0.778 bits per heavy atom. The summed E-state index contributed by atoms with van der Waals surface area (Å²) in [5.41, 5.74) is 0. The normalized spacial score (nSPS) is 12.6. The first-order valence-electron chi connectivity index (χ1n) is 11.8. The van der Waals surface area contributed by atoms with Crippen LogP contribution in [0, 0.1) is 0 Å². The highest BCUT2D eigenvalue weighted by Gasteiger charge is 2.10. The van der Waals surface area contributed by atoms with Crippen LogP contribution in [0.3, 0.4) is 0 Å². The van der Waals surface area contributed by atoms with Crippen LogP contribution >= 0.6 is 0 Å². The molecule has 0 aromatic heterocycles. The summed E-state index contributed by atoms with van der Waals surface area (Å²) in [4.78, 5) is 11.9. The fourth-order valence-electron chi connectivity index (χ4n) is 3.32. The molecule has 0 saturated heterocycles. The van der Waals surface area contributed by atoms with Crippen LogP contribution in [-0.4, -0.2) is 23.7 Å². The van der Waals surface area contributed by atoms with Crippen LogP contribution < -0.4 is 5.32 Å². The second-order valence-electron chi connectivity index (χ2n) is 7.92. The third-order valence-electron chi connectivity index (χ3n) is 5.16. The molecule has 2 N–H and O–H groups in total. The molecule has 0 aliphatic carbocycles. The van der Waals surface area contributed by atoms with E-state index < -0.39 is 0 Å². The fraction of sp³-hybridized carbons (Fsp3) is 0.875. The maximum absolute atomic E-state index is 11.9. The molecule has 0 saturated carbocycles. The highest BCUT2D eigenvalue weighted by atomic mass is 16.3. The van der Waals surface area contributed by atoms with Crippen LogP contribution in [0.2, 0.25) is 0 Å². The van der Waals surface area contributed by atoms with Crippen LogP contribution in [-0.2, 0) is 4.79 Å². The van der Waals surface area contributed by atoms with Gasteiger partial charge in [0.1, 0.15) is 0 Å². The van der Waals surface area contributed by atoms with Gasteiger partial charge < -0.3 is 10.4 Å². The van der Waals surface area contributed by atoms with Crippen LogP contribution in [0.5, 0.6) is 0 Å². The van der Waals surface area contributed by atoms with Crippen LogP contribution in [0.25, 0.3) is 0 Å². The molecule has 0 aromatic rings. The molecule has 0 rings (SSSR count). The van der Waals surface area contributed by atoms with Crippen molar-refractivity contribution in [3.63, 3.8) is 0 Å². The molecule has 27 heavy (non-hydrogen) atoms. The smallest absolute Gasteiger partial charge is 0.220 e. The summed E-state index contributed by atoms with van der Waals surface area (Å²) in [6, 6.07) is -0.0550. The predicted octanol–water partition coefficient (Wildman–Crippen LogP) is 6.69. The summed E-state index contributed by atoms with van der Waals surface area (Å²) < 4.78 is 0. The molecule has 0 aliphatic rings. The highest BCUT2D eigenvalue weighted by molar-refractivity contribution is 5.76. The van der Waals surface area contributed by atoms with E-state index in [1.165, 1.54) is 70.6 Å². The molecule has 1 atom stereocenters. The van der Waals surface area contributed by atoms with Gasteiger partial charge in [-0.05, 0) is 38.5 Å².